The molecule has 5 heteroatoms. The third-order valence-electron chi connectivity index (χ3n) is 5.74. The SMILES string of the molecule is C=CC=CC(=CC)CCC(O)C=CC1C(O)CC(O)C1CC=CCCCC(=O)NCC. The smallest absolute Gasteiger partial charge is 0.219 e. The van der Waals surface area contributed by atoms with Crippen LogP contribution < -0.4 is 5.32 Å². The maximum atomic E-state index is 11.4. The number of aliphatic hydroxyl groups is 3. The number of carbonyl (C=O) groups excluding carboxylic acids is 1. The van der Waals surface area contributed by atoms with E-state index in [0.29, 0.717) is 32.2 Å². The molecule has 1 rings (SSSR count). The average molecular weight is 432 g/mol. The van der Waals surface area contributed by atoms with E-state index in [-0.39, 0.29) is 17.7 Å². The molecule has 1 aliphatic rings. The minimum absolute atomic E-state index is 0.0697. The second kappa shape index (κ2) is 15.8. The molecular weight excluding hydrogens is 390 g/mol. The lowest BCUT2D eigenvalue weighted by Crippen LogP contribution is -2.21. The molecule has 0 bridgehead atoms. The third kappa shape index (κ3) is 10.8. The standard InChI is InChI=1S/C26H41NO4/c1-4-7-12-20(5-2)15-16-21(28)17-18-23-22(24(29)19-25(23)30)13-10-8-9-11-14-26(31)27-6-3/h4-5,7-8,10,12,17-18,21-25,28-30H,1,6,9,11,13-16,19H2,2-3H3,(H,27,31). The molecule has 0 aromatic rings. The fourth-order valence-corrected chi connectivity index (χ4v) is 3.93. The van der Waals surface area contributed by atoms with Gasteiger partial charge in [0.05, 0.1) is 18.3 Å². The Morgan fingerprint density at radius 3 is 2.68 bits per heavy atom. The number of allylic oxidation sites excluding steroid dienone is 7. The lowest BCUT2D eigenvalue weighted by molar-refractivity contribution is -0.121. The maximum Gasteiger partial charge on any atom is 0.219 e. The minimum Gasteiger partial charge on any atom is -0.393 e. The van der Waals surface area contributed by atoms with E-state index >= 15 is 0 Å². The highest BCUT2D eigenvalue weighted by Gasteiger charge is 2.39. The molecule has 4 N–H and O–H groups in total. The van der Waals surface area contributed by atoms with Gasteiger partial charge in [-0.3, -0.25) is 4.79 Å². The van der Waals surface area contributed by atoms with Crippen LogP contribution >= 0.6 is 0 Å². The Bertz CT molecular complexity index is 650. The normalized spacial score (nSPS) is 25.6. The number of unbranched alkanes of at least 4 members (excludes halogenated alkanes) is 1. The fourth-order valence-electron chi connectivity index (χ4n) is 3.93. The molecule has 31 heavy (non-hydrogen) atoms. The molecule has 0 aliphatic heterocycles. The van der Waals surface area contributed by atoms with Gasteiger partial charge < -0.3 is 20.6 Å². The Balaban J connectivity index is 2.51. The Kier molecular flexibility index (Phi) is 13.8. The molecular formula is C26H41NO4. The van der Waals surface area contributed by atoms with Crippen molar-refractivity contribution in [1.29, 1.82) is 0 Å². The zero-order valence-electron chi connectivity index (χ0n) is 19.1. The summed E-state index contributed by atoms with van der Waals surface area (Å²) in [5.74, 6) is -0.168. The van der Waals surface area contributed by atoms with Crippen molar-refractivity contribution in [2.45, 2.75) is 77.1 Å². The van der Waals surface area contributed by atoms with E-state index in [9.17, 15) is 20.1 Å². The maximum absolute atomic E-state index is 11.4. The number of hydrogen-bond acceptors (Lipinski definition) is 4. The number of aliphatic hydroxyl groups excluding tert-OH is 3. The van der Waals surface area contributed by atoms with Gasteiger partial charge in [-0.15, -0.1) is 0 Å². The summed E-state index contributed by atoms with van der Waals surface area (Å²) in [4.78, 5) is 11.4. The van der Waals surface area contributed by atoms with Crippen molar-refractivity contribution in [1.82, 2.24) is 5.32 Å². The summed E-state index contributed by atoms with van der Waals surface area (Å²) in [5.41, 5.74) is 1.14. The molecule has 5 unspecified atom stereocenters. The van der Waals surface area contributed by atoms with Crippen molar-refractivity contribution in [2.75, 3.05) is 6.54 Å². The Morgan fingerprint density at radius 1 is 1.23 bits per heavy atom. The first kappa shape index (κ1) is 27.1. The van der Waals surface area contributed by atoms with Gasteiger partial charge in [0.1, 0.15) is 0 Å². The van der Waals surface area contributed by atoms with Gasteiger partial charge in [-0.05, 0) is 51.9 Å². The van der Waals surface area contributed by atoms with Crippen LogP contribution in [0.2, 0.25) is 0 Å². The first-order valence-electron chi connectivity index (χ1n) is 11.5. The first-order valence-corrected chi connectivity index (χ1v) is 11.5. The van der Waals surface area contributed by atoms with E-state index in [0.717, 1.165) is 24.8 Å². The van der Waals surface area contributed by atoms with Gasteiger partial charge in [0.15, 0.2) is 0 Å². The van der Waals surface area contributed by atoms with Crippen LogP contribution in [-0.4, -0.2) is 46.1 Å². The lowest BCUT2D eigenvalue weighted by Gasteiger charge is -2.19. The second-order valence-corrected chi connectivity index (χ2v) is 8.11. The zero-order valence-corrected chi connectivity index (χ0v) is 19.1. The number of hydrogen-bond donors (Lipinski definition) is 4. The molecule has 0 radical (unpaired) electrons. The van der Waals surface area contributed by atoms with E-state index in [1.54, 1.807) is 12.2 Å². The van der Waals surface area contributed by atoms with E-state index < -0.39 is 18.3 Å². The second-order valence-electron chi connectivity index (χ2n) is 8.11. The predicted octanol–water partition coefficient (Wildman–Crippen LogP) is 3.98. The van der Waals surface area contributed by atoms with Gasteiger partial charge in [-0.1, -0.05) is 60.8 Å². The number of nitrogens with one attached hydrogen (secondary N) is 1. The van der Waals surface area contributed by atoms with Crippen LogP contribution in [-0.2, 0) is 4.79 Å². The third-order valence-corrected chi connectivity index (χ3v) is 5.74. The van der Waals surface area contributed by atoms with Crippen LogP contribution in [0.4, 0.5) is 0 Å². The van der Waals surface area contributed by atoms with Crippen LogP contribution in [0.5, 0.6) is 0 Å². The Morgan fingerprint density at radius 2 is 2.00 bits per heavy atom. The van der Waals surface area contributed by atoms with Crippen molar-refractivity contribution in [2.24, 2.45) is 11.8 Å². The highest BCUT2D eigenvalue weighted by Crippen LogP contribution is 2.36. The van der Waals surface area contributed by atoms with E-state index in [2.05, 4.69) is 11.9 Å². The Labute approximate surface area is 188 Å². The summed E-state index contributed by atoms with van der Waals surface area (Å²) in [5, 5.41) is 33.8. The van der Waals surface area contributed by atoms with Gasteiger partial charge in [-0.25, -0.2) is 0 Å². The van der Waals surface area contributed by atoms with Crippen molar-refractivity contribution in [3.8, 4) is 0 Å². The van der Waals surface area contributed by atoms with Crippen LogP contribution in [0.15, 0.2) is 60.8 Å². The van der Waals surface area contributed by atoms with E-state index in [1.165, 1.54) is 0 Å². The fraction of sp³-hybridized carbons (Fsp3) is 0.577. The molecule has 0 aromatic heterocycles. The largest absolute Gasteiger partial charge is 0.393 e. The van der Waals surface area contributed by atoms with Crippen LogP contribution in [0.1, 0.15) is 58.8 Å². The van der Waals surface area contributed by atoms with E-state index in [1.807, 2.05) is 50.3 Å². The molecule has 1 saturated carbocycles. The topological polar surface area (TPSA) is 89.8 Å². The Hall–Kier alpha value is -1.95. The molecule has 0 spiro atoms. The molecule has 0 aromatic carbocycles. The van der Waals surface area contributed by atoms with Crippen molar-refractivity contribution in [3.05, 3.63) is 60.8 Å². The first-order chi connectivity index (χ1) is 14.9. The predicted molar refractivity (Wildman–Crippen MR) is 127 cm³/mol. The zero-order chi connectivity index (χ0) is 23.1. The van der Waals surface area contributed by atoms with Crippen LogP contribution in [0.25, 0.3) is 0 Å². The molecule has 174 valence electrons. The number of rotatable bonds is 14. The summed E-state index contributed by atoms with van der Waals surface area (Å²) < 4.78 is 0. The minimum atomic E-state index is -0.601. The molecule has 1 amide bonds. The van der Waals surface area contributed by atoms with Gasteiger partial charge in [0.2, 0.25) is 5.91 Å². The molecule has 5 atom stereocenters. The summed E-state index contributed by atoms with van der Waals surface area (Å²) in [6.07, 6.45) is 18.1. The summed E-state index contributed by atoms with van der Waals surface area (Å²) in [6, 6.07) is 0. The number of amides is 1. The molecule has 1 fully saturated rings. The molecule has 0 saturated heterocycles. The number of carbonyl (C=O) groups is 1. The quantitative estimate of drug-likeness (QED) is 0.190. The average Bonchev–Trinajstić information content (AvgIpc) is 3.01. The van der Waals surface area contributed by atoms with Gasteiger partial charge >= 0.3 is 0 Å². The molecule has 1 aliphatic carbocycles. The monoisotopic (exact) mass is 431 g/mol. The van der Waals surface area contributed by atoms with Crippen molar-refractivity contribution < 1.29 is 20.1 Å². The molecule has 5 nitrogen and oxygen atoms in total. The summed E-state index contributed by atoms with van der Waals surface area (Å²) in [6.45, 7) is 8.20. The summed E-state index contributed by atoms with van der Waals surface area (Å²) >= 11 is 0. The molecule has 0 heterocycles. The summed E-state index contributed by atoms with van der Waals surface area (Å²) in [7, 11) is 0. The highest BCUT2D eigenvalue weighted by atomic mass is 16.3. The van der Waals surface area contributed by atoms with Gasteiger partial charge in [0.25, 0.3) is 0 Å². The van der Waals surface area contributed by atoms with Crippen LogP contribution in [0.3, 0.4) is 0 Å². The van der Waals surface area contributed by atoms with E-state index in [4.69, 9.17) is 0 Å². The van der Waals surface area contributed by atoms with Crippen molar-refractivity contribution in [3.63, 3.8) is 0 Å². The van der Waals surface area contributed by atoms with Gasteiger partial charge in [0, 0.05) is 25.3 Å². The lowest BCUT2D eigenvalue weighted by atomic mass is 9.89. The van der Waals surface area contributed by atoms with Gasteiger partial charge in [-0.2, -0.15) is 0 Å². The van der Waals surface area contributed by atoms with Crippen molar-refractivity contribution >= 4 is 5.91 Å². The van der Waals surface area contributed by atoms with Crippen LogP contribution in [0, 0.1) is 11.8 Å². The highest BCUT2D eigenvalue weighted by molar-refractivity contribution is 5.75.